The highest BCUT2D eigenvalue weighted by Gasteiger charge is 2.15. The lowest BCUT2D eigenvalue weighted by Gasteiger charge is -2.14. The van der Waals surface area contributed by atoms with Gasteiger partial charge >= 0.3 is 0 Å². The summed E-state index contributed by atoms with van der Waals surface area (Å²) in [6.07, 6.45) is 7.36. The topological polar surface area (TPSA) is 88.4 Å². The molecule has 164 valence electrons. The van der Waals surface area contributed by atoms with Gasteiger partial charge in [0.15, 0.2) is 5.65 Å². The summed E-state index contributed by atoms with van der Waals surface area (Å²) in [5.74, 6) is 0.810. The standard InChI is InChI=1S/C22H23BClN5O2S/c1-2-32(30,31)27-13-16-9-7-15(8-10-16)12-25-21-11-20(17-5-3-4-6-19(17)24)28-22-18(23)14-26-29(21)22/h3,5,7-11,14,25,27H,2,4,6,12-13H2,1H3. The molecule has 10 heteroatoms. The van der Waals surface area contributed by atoms with Crippen LogP contribution in [-0.4, -0.2) is 36.6 Å². The van der Waals surface area contributed by atoms with Crippen molar-refractivity contribution in [2.24, 2.45) is 0 Å². The Bertz CT molecular complexity index is 1300. The molecule has 0 amide bonds. The Labute approximate surface area is 194 Å². The lowest BCUT2D eigenvalue weighted by Crippen LogP contribution is -2.24. The molecule has 0 bridgehead atoms. The van der Waals surface area contributed by atoms with Crippen LogP contribution in [-0.2, 0) is 23.1 Å². The van der Waals surface area contributed by atoms with Crippen LogP contribution in [0, 0.1) is 0 Å². The van der Waals surface area contributed by atoms with Crippen LogP contribution in [0.1, 0.15) is 36.6 Å². The molecule has 3 aromatic rings. The number of hydrogen-bond donors (Lipinski definition) is 2. The van der Waals surface area contributed by atoms with Gasteiger partial charge < -0.3 is 5.32 Å². The van der Waals surface area contributed by atoms with Crippen molar-refractivity contribution in [3.05, 3.63) is 70.5 Å². The summed E-state index contributed by atoms with van der Waals surface area (Å²) in [4.78, 5) is 4.67. The summed E-state index contributed by atoms with van der Waals surface area (Å²) in [6.45, 7) is 2.43. The predicted molar refractivity (Wildman–Crippen MR) is 130 cm³/mol. The monoisotopic (exact) mass is 467 g/mol. The molecule has 1 aliphatic rings. The van der Waals surface area contributed by atoms with E-state index in [-0.39, 0.29) is 12.3 Å². The highest BCUT2D eigenvalue weighted by atomic mass is 35.5. The fourth-order valence-electron chi connectivity index (χ4n) is 3.37. The molecular weight excluding hydrogens is 445 g/mol. The molecule has 1 aliphatic carbocycles. The van der Waals surface area contributed by atoms with Crippen LogP contribution in [0.2, 0.25) is 0 Å². The fraction of sp³-hybridized carbons (Fsp3) is 0.273. The van der Waals surface area contributed by atoms with Gasteiger partial charge in [-0.05, 0) is 36.4 Å². The molecule has 0 saturated heterocycles. The number of nitrogens with one attached hydrogen (secondary N) is 2. The summed E-state index contributed by atoms with van der Waals surface area (Å²) in [5.41, 5.74) is 4.62. The summed E-state index contributed by atoms with van der Waals surface area (Å²) < 4.78 is 27.5. The zero-order valence-electron chi connectivity index (χ0n) is 17.7. The van der Waals surface area contributed by atoms with Crippen LogP contribution in [0.3, 0.4) is 0 Å². The summed E-state index contributed by atoms with van der Waals surface area (Å²) in [7, 11) is 2.87. The van der Waals surface area contributed by atoms with Gasteiger partial charge in [-0.1, -0.05) is 48.0 Å². The normalized spacial score (nSPS) is 14.3. The Morgan fingerprint density at radius 1 is 1.19 bits per heavy atom. The lowest BCUT2D eigenvalue weighted by molar-refractivity contribution is 0.582. The minimum atomic E-state index is -3.22. The van der Waals surface area contributed by atoms with Crippen LogP contribution >= 0.6 is 11.6 Å². The average molecular weight is 468 g/mol. The van der Waals surface area contributed by atoms with Gasteiger partial charge in [0.2, 0.25) is 10.0 Å². The van der Waals surface area contributed by atoms with Gasteiger partial charge in [-0.3, -0.25) is 0 Å². The van der Waals surface area contributed by atoms with Gasteiger partial charge in [-0.25, -0.2) is 18.1 Å². The van der Waals surface area contributed by atoms with Crippen molar-refractivity contribution >= 4 is 52.0 Å². The molecule has 1 aromatic carbocycles. The minimum Gasteiger partial charge on any atom is -0.366 e. The SMILES string of the molecule is [B]c1cnn2c(NCc3ccc(CNS(=O)(=O)CC)cc3)cc(C3=C(Cl)CCC=C3)nc12. The Balaban J connectivity index is 1.54. The van der Waals surface area contributed by atoms with Crippen LogP contribution < -0.4 is 15.5 Å². The number of allylic oxidation sites excluding steroid dienone is 4. The van der Waals surface area contributed by atoms with Gasteiger partial charge in [0.25, 0.3) is 0 Å². The quantitative estimate of drug-likeness (QED) is 0.497. The molecule has 0 unspecified atom stereocenters. The summed E-state index contributed by atoms with van der Waals surface area (Å²) in [5, 5.41) is 8.52. The molecule has 2 aromatic heterocycles. The van der Waals surface area contributed by atoms with E-state index in [0.29, 0.717) is 17.7 Å². The predicted octanol–water partition coefficient (Wildman–Crippen LogP) is 2.87. The zero-order chi connectivity index (χ0) is 22.7. The van der Waals surface area contributed by atoms with Crippen LogP contribution in [0.4, 0.5) is 5.82 Å². The molecule has 2 N–H and O–H groups in total. The van der Waals surface area contributed by atoms with E-state index < -0.39 is 10.0 Å². The van der Waals surface area contributed by atoms with Crippen molar-refractivity contribution in [3.63, 3.8) is 0 Å². The molecule has 7 nitrogen and oxygen atoms in total. The molecule has 0 saturated carbocycles. The van der Waals surface area contributed by atoms with Gasteiger partial charge in [0, 0.05) is 36.0 Å². The Morgan fingerprint density at radius 2 is 1.91 bits per heavy atom. The third-order valence-electron chi connectivity index (χ3n) is 5.26. The van der Waals surface area contributed by atoms with Crippen LogP contribution in [0.25, 0.3) is 11.2 Å². The third-order valence-corrected chi connectivity index (χ3v) is 6.99. The molecule has 32 heavy (non-hydrogen) atoms. The zero-order valence-corrected chi connectivity index (χ0v) is 19.2. The van der Waals surface area contributed by atoms with Gasteiger partial charge in [-0.2, -0.15) is 9.61 Å². The number of rotatable bonds is 8. The highest BCUT2D eigenvalue weighted by molar-refractivity contribution is 7.89. The van der Waals surface area contributed by atoms with Crippen molar-refractivity contribution in [2.45, 2.75) is 32.9 Å². The molecule has 0 aliphatic heterocycles. The number of benzene rings is 1. The molecule has 2 radical (unpaired) electrons. The van der Waals surface area contributed by atoms with E-state index in [1.165, 1.54) is 0 Å². The minimum absolute atomic E-state index is 0.0627. The molecule has 0 atom stereocenters. The smallest absolute Gasteiger partial charge is 0.211 e. The second kappa shape index (κ2) is 9.48. The first-order chi connectivity index (χ1) is 15.4. The van der Waals surface area contributed by atoms with E-state index in [1.54, 1.807) is 17.6 Å². The average Bonchev–Trinajstić information content (AvgIpc) is 3.18. The van der Waals surface area contributed by atoms with Gasteiger partial charge in [0.1, 0.15) is 13.7 Å². The summed E-state index contributed by atoms with van der Waals surface area (Å²) in [6, 6.07) is 9.66. The number of halogens is 1. The van der Waals surface area contributed by atoms with Crippen molar-refractivity contribution in [2.75, 3.05) is 11.1 Å². The van der Waals surface area contributed by atoms with Crippen molar-refractivity contribution in [1.29, 1.82) is 0 Å². The number of hydrogen-bond acceptors (Lipinski definition) is 5. The van der Waals surface area contributed by atoms with Crippen molar-refractivity contribution in [3.8, 4) is 0 Å². The van der Waals surface area contributed by atoms with Crippen LogP contribution in [0.5, 0.6) is 0 Å². The lowest BCUT2D eigenvalue weighted by atomic mass is 10.00. The number of aromatic nitrogens is 3. The Morgan fingerprint density at radius 3 is 2.59 bits per heavy atom. The van der Waals surface area contributed by atoms with E-state index in [4.69, 9.17) is 19.4 Å². The van der Waals surface area contributed by atoms with E-state index in [2.05, 4.69) is 26.2 Å². The Kier molecular flexibility index (Phi) is 6.69. The van der Waals surface area contributed by atoms with Gasteiger partial charge in [0.05, 0.1) is 11.4 Å². The fourth-order valence-corrected chi connectivity index (χ4v) is 4.23. The number of anilines is 1. The highest BCUT2D eigenvalue weighted by Crippen LogP contribution is 2.30. The van der Waals surface area contributed by atoms with E-state index in [9.17, 15) is 8.42 Å². The third kappa shape index (κ3) is 5.06. The van der Waals surface area contributed by atoms with Crippen molar-refractivity contribution in [1.82, 2.24) is 19.3 Å². The molecular formula is C22H23BClN5O2S. The number of sulfonamides is 1. The van der Waals surface area contributed by atoms with E-state index in [0.717, 1.165) is 46.1 Å². The molecule has 0 spiro atoms. The molecule has 4 rings (SSSR count). The number of nitrogens with zero attached hydrogens (tertiary/aromatic N) is 3. The molecule has 0 fully saturated rings. The van der Waals surface area contributed by atoms with Crippen LogP contribution in [0.15, 0.2) is 53.7 Å². The van der Waals surface area contributed by atoms with E-state index in [1.807, 2.05) is 36.4 Å². The first kappa shape index (κ1) is 22.6. The first-order valence-corrected chi connectivity index (χ1v) is 12.4. The number of fused-ring (bicyclic) bond motifs is 1. The van der Waals surface area contributed by atoms with Crippen molar-refractivity contribution < 1.29 is 8.42 Å². The first-order valence-electron chi connectivity index (χ1n) is 10.3. The summed E-state index contributed by atoms with van der Waals surface area (Å²) >= 11 is 6.46. The maximum atomic E-state index is 11.6. The molecule has 2 heterocycles. The van der Waals surface area contributed by atoms with E-state index >= 15 is 0 Å². The maximum Gasteiger partial charge on any atom is 0.211 e. The largest absolute Gasteiger partial charge is 0.366 e. The van der Waals surface area contributed by atoms with Gasteiger partial charge in [-0.15, -0.1) is 0 Å². The maximum absolute atomic E-state index is 11.6. The second-order valence-corrected chi connectivity index (χ2v) is 10.1. The second-order valence-electron chi connectivity index (χ2n) is 7.52. The Hall–Kier alpha value is -2.62.